The molecule has 1 amide bonds. The highest BCUT2D eigenvalue weighted by molar-refractivity contribution is 5.78. The number of amides is 1. The molecule has 0 saturated carbocycles. The maximum Gasteiger partial charge on any atom is 0.227 e. The van der Waals surface area contributed by atoms with Crippen molar-refractivity contribution in [3.8, 4) is 11.5 Å². The molecular formula is C25H26N2O2. The van der Waals surface area contributed by atoms with Gasteiger partial charge in [-0.3, -0.25) is 9.69 Å². The van der Waals surface area contributed by atoms with Gasteiger partial charge in [-0.2, -0.15) is 0 Å². The number of nitrogens with zero attached hydrogens (tertiary/aromatic N) is 2. The molecular weight excluding hydrogens is 360 g/mol. The molecule has 0 N–H and O–H groups in total. The van der Waals surface area contributed by atoms with Crippen molar-refractivity contribution in [2.45, 2.75) is 13.0 Å². The van der Waals surface area contributed by atoms with Crippen LogP contribution in [0.2, 0.25) is 0 Å². The Hall–Kier alpha value is -3.11. The fraction of sp³-hybridized carbons (Fsp3) is 0.240. The van der Waals surface area contributed by atoms with Crippen LogP contribution < -0.4 is 4.74 Å². The molecule has 1 aliphatic rings. The normalized spacial score (nSPS) is 14.6. The van der Waals surface area contributed by atoms with Crippen molar-refractivity contribution in [1.29, 1.82) is 0 Å². The zero-order valence-corrected chi connectivity index (χ0v) is 16.5. The van der Waals surface area contributed by atoms with Crippen molar-refractivity contribution >= 4 is 5.91 Å². The molecule has 0 radical (unpaired) electrons. The second kappa shape index (κ2) is 9.39. The first-order valence-corrected chi connectivity index (χ1v) is 10.1. The standard InChI is InChI=1S/C25H26N2O2/c28-25(19-21-7-3-1-4-8-21)27-17-15-26(16-18-27)20-22-11-13-24(14-12-22)29-23-9-5-2-6-10-23/h1-14H,15-20H2. The van der Waals surface area contributed by atoms with Crippen LogP contribution in [-0.4, -0.2) is 41.9 Å². The molecule has 1 fully saturated rings. The summed E-state index contributed by atoms with van der Waals surface area (Å²) in [4.78, 5) is 16.9. The molecule has 0 aliphatic carbocycles. The Kier molecular flexibility index (Phi) is 6.22. The summed E-state index contributed by atoms with van der Waals surface area (Å²) in [6.07, 6.45) is 0.490. The summed E-state index contributed by atoms with van der Waals surface area (Å²) in [5.74, 6) is 1.91. The van der Waals surface area contributed by atoms with Crippen LogP contribution in [0.3, 0.4) is 0 Å². The quantitative estimate of drug-likeness (QED) is 0.631. The summed E-state index contributed by atoms with van der Waals surface area (Å²) in [7, 11) is 0. The molecule has 1 heterocycles. The summed E-state index contributed by atoms with van der Waals surface area (Å²) in [5.41, 5.74) is 2.34. The van der Waals surface area contributed by atoms with Crippen LogP contribution in [0.1, 0.15) is 11.1 Å². The van der Waals surface area contributed by atoms with Crippen LogP contribution >= 0.6 is 0 Å². The highest BCUT2D eigenvalue weighted by atomic mass is 16.5. The lowest BCUT2D eigenvalue weighted by atomic mass is 10.1. The van der Waals surface area contributed by atoms with E-state index >= 15 is 0 Å². The molecule has 4 rings (SSSR count). The van der Waals surface area contributed by atoms with Crippen molar-refractivity contribution in [2.75, 3.05) is 26.2 Å². The van der Waals surface area contributed by atoms with E-state index in [4.69, 9.17) is 4.74 Å². The van der Waals surface area contributed by atoms with E-state index in [2.05, 4.69) is 17.0 Å². The topological polar surface area (TPSA) is 32.8 Å². The predicted molar refractivity (Wildman–Crippen MR) is 115 cm³/mol. The minimum Gasteiger partial charge on any atom is -0.457 e. The van der Waals surface area contributed by atoms with Gasteiger partial charge in [0, 0.05) is 32.7 Å². The summed E-state index contributed by atoms with van der Waals surface area (Å²) >= 11 is 0. The van der Waals surface area contributed by atoms with Crippen molar-refractivity contribution in [3.63, 3.8) is 0 Å². The third kappa shape index (κ3) is 5.46. The molecule has 0 aromatic heterocycles. The summed E-state index contributed by atoms with van der Waals surface area (Å²) < 4.78 is 5.85. The SMILES string of the molecule is O=C(Cc1ccccc1)N1CCN(Cc2ccc(Oc3ccccc3)cc2)CC1. The fourth-order valence-electron chi connectivity index (χ4n) is 3.58. The van der Waals surface area contributed by atoms with Gasteiger partial charge in [-0.1, -0.05) is 60.7 Å². The molecule has 0 unspecified atom stereocenters. The number of rotatable bonds is 6. The van der Waals surface area contributed by atoms with Crippen molar-refractivity contribution in [3.05, 3.63) is 96.1 Å². The third-order valence-corrected chi connectivity index (χ3v) is 5.23. The van der Waals surface area contributed by atoms with E-state index in [0.29, 0.717) is 6.42 Å². The molecule has 148 valence electrons. The second-order valence-electron chi connectivity index (χ2n) is 7.38. The summed E-state index contributed by atoms with van der Waals surface area (Å²) in [6, 6.07) is 28.0. The lowest BCUT2D eigenvalue weighted by Gasteiger charge is -2.34. The summed E-state index contributed by atoms with van der Waals surface area (Å²) in [6.45, 7) is 4.29. The van der Waals surface area contributed by atoms with Crippen molar-refractivity contribution in [1.82, 2.24) is 9.80 Å². The highest BCUT2D eigenvalue weighted by Gasteiger charge is 2.21. The highest BCUT2D eigenvalue weighted by Crippen LogP contribution is 2.21. The Morgan fingerprint density at radius 3 is 1.93 bits per heavy atom. The van der Waals surface area contributed by atoms with Gasteiger partial charge in [0.05, 0.1) is 6.42 Å². The van der Waals surface area contributed by atoms with Crippen LogP contribution in [0.4, 0.5) is 0 Å². The van der Waals surface area contributed by atoms with Gasteiger partial charge in [-0.05, 0) is 35.4 Å². The van der Waals surface area contributed by atoms with Gasteiger partial charge in [-0.25, -0.2) is 0 Å². The van der Waals surface area contributed by atoms with Crippen LogP contribution in [-0.2, 0) is 17.8 Å². The lowest BCUT2D eigenvalue weighted by molar-refractivity contribution is -0.132. The monoisotopic (exact) mass is 386 g/mol. The molecule has 29 heavy (non-hydrogen) atoms. The van der Waals surface area contributed by atoms with Crippen LogP contribution in [0, 0.1) is 0 Å². The molecule has 0 atom stereocenters. The van der Waals surface area contributed by atoms with E-state index in [1.165, 1.54) is 5.56 Å². The number of ether oxygens (including phenoxy) is 1. The molecule has 3 aromatic rings. The van der Waals surface area contributed by atoms with E-state index in [0.717, 1.165) is 49.8 Å². The fourth-order valence-corrected chi connectivity index (χ4v) is 3.58. The largest absolute Gasteiger partial charge is 0.457 e. The number of carbonyl (C=O) groups excluding carboxylic acids is 1. The molecule has 1 aliphatic heterocycles. The van der Waals surface area contributed by atoms with E-state index in [-0.39, 0.29) is 5.91 Å². The van der Waals surface area contributed by atoms with E-state index < -0.39 is 0 Å². The van der Waals surface area contributed by atoms with E-state index in [1.807, 2.05) is 77.7 Å². The van der Waals surface area contributed by atoms with Gasteiger partial charge in [0.2, 0.25) is 5.91 Å². The van der Waals surface area contributed by atoms with Gasteiger partial charge in [0.1, 0.15) is 11.5 Å². The van der Waals surface area contributed by atoms with E-state index in [1.54, 1.807) is 0 Å². The molecule has 0 spiro atoms. The number of carbonyl (C=O) groups is 1. The Labute approximate surface area is 172 Å². The van der Waals surface area contributed by atoms with E-state index in [9.17, 15) is 4.79 Å². The zero-order valence-electron chi connectivity index (χ0n) is 16.5. The first-order chi connectivity index (χ1) is 14.3. The zero-order chi connectivity index (χ0) is 19.9. The van der Waals surface area contributed by atoms with Crippen molar-refractivity contribution < 1.29 is 9.53 Å². The minimum atomic E-state index is 0.221. The molecule has 4 nitrogen and oxygen atoms in total. The average Bonchev–Trinajstić information content (AvgIpc) is 2.77. The number of benzene rings is 3. The smallest absolute Gasteiger partial charge is 0.227 e. The molecule has 1 saturated heterocycles. The van der Waals surface area contributed by atoms with Gasteiger partial charge in [-0.15, -0.1) is 0 Å². The van der Waals surface area contributed by atoms with Gasteiger partial charge < -0.3 is 9.64 Å². The maximum atomic E-state index is 12.5. The second-order valence-corrected chi connectivity index (χ2v) is 7.38. The summed E-state index contributed by atoms with van der Waals surface area (Å²) in [5, 5.41) is 0. The molecule has 0 bridgehead atoms. The van der Waals surface area contributed by atoms with Gasteiger partial charge in [0.25, 0.3) is 0 Å². The van der Waals surface area contributed by atoms with Gasteiger partial charge >= 0.3 is 0 Å². The Balaban J connectivity index is 1.24. The molecule has 3 aromatic carbocycles. The first kappa shape index (κ1) is 19.2. The molecule has 4 heteroatoms. The van der Waals surface area contributed by atoms with Crippen LogP contribution in [0.15, 0.2) is 84.9 Å². The van der Waals surface area contributed by atoms with Crippen molar-refractivity contribution in [2.24, 2.45) is 0 Å². The van der Waals surface area contributed by atoms with Crippen LogP contribution in [0.5, 0.6) is 11.5 Å². The first-order valence-electron chi connectivity index (χ1n) is 10.1. The Bertz CT molecular complexity index is 903. The average molecular weight is 386 g/mol. The number of hydrogen-bond donors (Lipinski definition) is 0. The minimum absolute atomic E-state index is 0.221. The number of hydrogen-bond acceptors (Lipinski definition) is 3. The third-order valence-electron chi connectivity index (χ3n) is 5.23. The van der Waals surface area contributed by atoms with Gasteiger partial charge in [0.15, 0.2) is 0 Å². The lowest BCUT2D eigenvalue weighted by Crippen LogP contribution is -2.48. The Morgan fingerprint density at radius 2 is 1.28 bits per heavy atom. The van der Waals surface area contributed by atoms with Crippen LogP contribution in [0.25, 0.3) is 0 Å². The predicted octanol–water partition coefficient (Wildman–Crippen LogP) is 4.37. The number of piperazine rings is 1. The Morgan fingerprint density at radius 1 is 0.690 bits per heavy atom. The number of para-hydroxylation sites is 1. The maximum absolute atomic E-state index is 12.5.